The van der Waals surface area contributed by atoms with Gasteiger partial charge in [0, 0.05) is 21.9 Å². The third kappa shape index (κ3) is 2.55. The summed E-state index contributed by atoms with van der Waals surface area (Å²) < 4.78 is 1.19. The molecule has 1 aliphatic rings. The van der Waals surface area contributed by atoms with Gasteiger partial charge >= 0.3 is 5.97 Å². The topological polar surface area (TPSA) is 49.3 Å². The fourth-order valence-corrected chi connectivity index (χ4v) is 2.40. The van der Waals surface area contributed by atoms with E-state index >= 15 is 0 Å². The molecule has 1 aliphatic carbocycles. The number of hydrogen-bond donors (Lipinski definition) is 2. The summed E-state index contributed by atoms with van der Waals surface area (Å²) in [6.07, 6.45) is 5.11. The van der Waals surface area contributed by atoms with E-state index in [0.29, 0.717) is 6.54 Å². The summed E-state index contributed by atoms with van der Waals surface area (Å²) >= 11 is 2.30. The summed E-state index contributed by atoms with van der Waals surface area (Å²) in [7, 11) is 0. The Bertz CT molecular complexity index is 455. The summed E-state index contributed by atoms with van der Waals surface area (Å²) in [5, 5.41) is 11.7. The molecule has 84 valence electrons. The average Bonchev–Trinajstić information content (AvgIpc) is 2.21. The maximum Gasteiger partial charge on any atom is 0.328 e. The van der Waals surface area contributed by atoms with Crippen molar-refractivity contribution < 1.29 is 9.90 Å². The number of aryl methyl sites for hydroxylation is 2. The van der Waals surface area contributed by atoms with Crippen molar-refractivity contribution in [2.24, 2.45) is 0 Å². The van der Waals surface area contributed by atoms with E-state index in [1.165, 1.54) is 21.1 Å². The summed E-state index contributed by atoms with van der Waals surface area (Å²) in [5.74, 6) is -0.909. The average molecular weight is 329 g/mol. The van der Waals surface area contributed by atoms with Crippen LogP contribution in [0.15, 0.2) is 24.3 Å². The van der Waals surface area contributed by atoms with E-state index in [2.05, 4.69) is 40.0 Å². The predicted molar refractivity (Wildman–Crippen MR) is 71.8 cm³/mol. The maximum atomic E-state index is 10.3. The Morgan fingerprint density at radius 2 is 2.12 bits per heavy atom. The number of halogens is 1. The van der Waals surface area contributed by atoms with Crippen LogP contribution in [-0.2, 0) is 17.6 Å². The lowest BCUT2D eigenvalue weighted by molar-refractivity contribution is -0.131. The Morgan fingerprint density at radius 1 is 1.44 bits per heavy atom. The van der Waals surface area contributed by atoms with Crippen molar-refractivity contribution in [1.82, 2.24) is 0 Å². The van der Waals surface area contributed by atoms with Crippen LogP contribution in [0.4, 0.5) is 5.69 Å². The first-order chi connectivity index (χ1) is 7.66. The first kappa shape index (κ1) is 11.4. The zero-order valence-electron chi connectivity index (χ0n) is 8.66. The molecule has 0 aliphatic heterocycles. The van der Waals surface area contributed by atoms with Crippen molar-refractivity contribution in [3.63, 3.8) is 0 Å². The molecule has 0 radical (unpaired) electrons. The SMILES string of the molecule is O=C(O)/C=C/CNc1cc2c(cc1I)CC2. The monoisotopic (exact) mass is 329 g/mol. The molecule has 3 nitrogen and oxygen atoms in total. The van der Waals surface area contributed by atoms with Crippen LogP contribution in [0.5, 0.6) is 0 Å². The van der Waals surface area contributed by atoms with Gasteiger partial charge in [-0.05, 0) is 58.7 Å². The van der Waals surface area contributed by atoms with Crippen molar-refractivity contribution in [2.45, 2.75) is 12.8 Å². The van der Waals surface area contributed by atoms with Crippen molar-refractivity contribution in [3.8, 4) is 0 Å². The highest BCUT2D eigenvalue weighted by atomic mass is 127. The Kier molecular flexibility index (Phi) is 3.48. The summed E-state index contributed by atoms with van der Waals surface area (Å²) in [6.45, 7) is 0.543. The fraction of sp³-hybridized carbons (Fsp3) is 0.250. The van der Waals surface area contributed by atoms with Crippen LogP contribution in [0.3, 0.4) is 0 Å². The van der Waals surface area contributed by atoms with Crippen molar-refractivity contribution in [2.75, 3.05) is 11.9 Å². The third-order valence-electron chi connectivity index (χ3n) is 2.62. The summed E-state index contributed by atoms with van der Waals surface area (Å²) in [5.41, 5.74) is 3.94. The number of aliphatic carboxylic acids is 1. The molecule has 0 amide bonds. The van der Waals surface area contributed by atoms with E-state index < -0.39 is 5.97 Å². The minimum absolute atomic E-state index is 0.543. The maximum absolute atomic E-state index is 10.3. The van der Waals surface area contributed by atoms with Crippen molar-refractivity contribution in [1.29, 1.82) is 0 Å². The summed E-state index contributed by atoms with van der Waals surface area (Å²) in [4.78, 5) is 10.3. The molecule has 0 unspecified atom stereocenters. The Hall–Kier alpha value is -1.04. The quantitative estimate of drug-likeness (QED) is 0.659. The van der Waals surface area contributed by atoms with Crippen LogP contribution in [-0.4, -0.2) is 17.6 Å². The molecule has 16 heavy (non-hydrogen) atoms. The van der Waals surface area contributed by atoms with Gasteiger partial charge < -0.3 is 10.4 Å². The Morgan fingerprint density at radius 3 is 2.75 bits per heavy atom. The molecular weight excluding hydrogens is 317 g/mol. The van der Waals surface area contributed by atoms with Gasteiger partial charge in [-0.1, -0.05) is 6.08 Å². The first-order valence-corrected chi connectivity index (χ1v) is 6.19. The lowest BCUT2D eigenvalue weighted by Crippen LogP contribution is -2.11. The van der Waals surface area contributed by atoms with Crippen molar-refractivity contribution in [3.05, 3.63) is 39.0 Å². The molecule has 2 rings (SSSR count). The van der Waals surface area contributed by atoms with Crippen LogP contribution in [0.1, 0.15) is 11.1 Å². The molecule has 0 fully saturated rings. The molecule has 0 bridgehead atoms. The van der Waals surface area contributed by atoms with E-state index in [1.807, 2.05) is 0 Å². The first-order valence-electron chi connectivity index (χ1n) is 5.11. The third-order valence-corrected chi connectivity index (χ3v) is 3.52. The van der Waals surface area contributed by atoms with Crippen LogP contribution in [0.2, 0.25) is 0 Å². The van der Waals surface area contributed by atoms with Crippen LogP contribution >= 0.6 is 22.6 Å². The summed E-state index contributed by atoms with van der Waals surface area (Å²) in [6, 6.07) is 4.36. The van der Waals surface area contributed by atoms with Gasteiger partial charge in [0.05, 0.1) is 0 Å². The molecule has 0 saturated carbocycles. The largest absolute Gasteiger partial charge is 0.478 e. The molecule has 0 spiro atoms. The van der Waals surface area contributed by atoms with Crippen LogP contribution in [0.25, 0.3) is 0 Å². The smallest absolute Gasteiger partial charge is 0.328 e. The minimum atomic E-state index is -0.909. The number of nitrogens with one attached hydrogen (secondary N) is 1. The molecule has 0 atom stereocenters. The number of hydrogen-bond acceptors (Lipinski definition) is 2. The second-order valence-corrected chi connectivity index (χ2v) is 4.88. The van der Waals surface area contributed by atoms with Crippen LogP contribution < -0.4 is 5.32 Å². The lowest BCUT2D eigenvalue weighted by Gasteiger charge is -2.21. The predicted octanol–water partition coefficient (Wildman–Crippen LogP) is 2.44. The molecule has 1 aromatic carbocycles. The van der Waals surface area contributed by atoms with Gasteiger partial charge in [0.25, 0.3) is 0 Å². The number of rotatable bonds is 4. The highest BCUT2D eigenvalue weighted by molar-refractivity contribution is 14.1. The Labute approximate surface area is 108 Å². The highest BCUT2D eigenvalue weighted by Crippen LogP contribution is 2.30. The molecule has 2 N–H and O–H groups in total. The number of carboxylic acids is 1. The van der Waals surface area contributed by atoms with E-state index in [0.717, 1.165) is 18.2 Å². The second kappa shape index (κ2) is 4.86. The number of benzene rings is 1. The molecule has 0 heterocycles. The van der Waals surface area contributed by atoms with E-state index in [4.69, 9.17) is 5.11 Å². The standard InChI is InChI=1S/C12H12INO2/c13-10-6-8-3-4-9(8)7-11(10)14-5-1-2-12(15)16/h1-2,6-7,14H,3-5H2,(H,15,16)/b2-1+. The van der Waals surface area contributed by atoms with Gasteiger partial charge in [0.15, 0.2) is 0 Å². The molecular formula is C12H12INO2. The lowest BCUT2D eigenvalue weighted by atomic mass is 9.88. The molecule has 0 saturated heterocycles. The van der Waals surface area contributed by atoms with Crippen LogP contribution in [0, 0.1) is 3.57 Å². The minimum Gasteiger partial charge on any atom is -0.478 e. The van der Waals surface area contributed by atoms with Gasteiger partial charge in [-0.25, -0.2) is 4.79 Å². The fourth-order valence-electron chi connectivity index (χ4n) is 1.68. The number of anilines is 1. The van der Waals surface area contributed by atoms with E-state index in [9.17, 15) is 4.79 Å². The van der Waals surface area contributed by atoms with Gasteiger partial charge in [0.1, 0.15) is 0 Å². The highest BCUT2D eigenvalue weighted by Gasteiger charge is 2.14. The zero-order chi connectivity index (χ0) is 11.5. The Balaban J connectivity index is 1.99. The van der Waals surface area contributed by atoms with Gasteiger partial charge in [-0.15, -0.1) is 0 Å². The number of carboxylic acid groups (broad SMARTS) is 1. The molecule has 1 aromatic rings. The molecule has 0 aromatic heterocycles. The van der Waals surface area contributed by atoms with Gasteiger partial charge in [-0.2, -0.15) is 0 Å². The molecule has 4 heteroatoms. The van der Waals surface area contributed by atoms with E-state index in [1.54, 1.807) is 6.08 Å². The number of carbonyl (C=O) groups is 1. The normalized spacial score (nSPS) is 13.3. The zero-order valence-corrected chi connectivity index (χ0v) is 10.8. The van der Waals surface area contributed by atoms with Gasteiger partial charge in [0.2, 0.25) is 0 Å². The second-order valence-electron chi connectivity index (χ2n) is 3.72. The number of fused-ring (bicyclic) bond motifs is 1. The van der Waals surface area contributed by atoms with E-state index in [-0.39, 0.29) is 0 Å². The van der Waals surface area contributed by atoms with Gasteiger partial charge in [-0.3, -0.25) is 0 Å². The van der Waals surface area contributed by atoms with Crippen molar-refractivity contribution >= 4 is 34.2 Å².